The zero-order valence-electron chi connectivity index (χ0n) is 11.0. The molecule has 0 aliphatic rings. The van der Waals surface area contributed by atoms with Crippen LogP contribution in [-0.4, -0.2) is 4.92 Å². The van der Waals surface area contributed by atoms with Crippen LogP contribution in [0.1, 0.15) is 16.7 Å². The van der Waals surface area contributed by atoms with E-state index in [0.717, 1.165) is 11.3 Å². The SMILES string of the molecule is Cc1cccc(C)c1NCc1ccc([N+](=O)[O-])cc1. The predicted octanol–water partition coefficient (Wildman–Crippen LogP) is 3.82. The van der Waals surface area contributed by atoms with Gasteiger partial charge in [0.2, 0.25) is 0 Å². The molecule has 0 heterocycles. The van der Waals surface area contributed by atoms with E-state index < -0.39 is 0 Å². The molecule has 0 aliphatic heterocycles. The van der Waals surface area contributed by atoms with E-state index in [1.165, 1.54) is 23.3 Å². The molecule has 0 atom stereocenters. The van der Waals surface area contributed by atoms with Gasteiger partial charge in [-0.15, -0.1) is 0 Å². The number of anilines is 1. The second kappa shape index (κ2) is 5.52. The van der Waals surface area contributed by atoms with Gasteiger partial charge < -0.3 is 5.32 Å². The number of benzene rings is 2. The lowest BCUT2D eigenvalue weighted by Crippen LogP contribution is -2.02. The van der Waals surface area contributed by atoms with Crippen molar-refractivity contribution in [3.8, 4) is 0 Å². The monoisotopic (exact) mass is 256 g/mol. The number of nitrogens with zero attached hydrogens (tertiary/aromatic N) is 1. The third kappa shape index (κ3) is 3.10. The fourth-order valence-electron chi connectivity index (χ4n) is 2.02. The highest BCUT2D eigenvalue weighted by molar-refractivity contribution is 5.56. The van der Waals surface area contributed by atoms with Crippen molar-refractivity contribution >= 4 is 11.4 Å². The third-order valence-electron chi connectivity index (χ3n) is 3.10. The number of non-ortho nitro benzene ring substituents is 1. The summed E-state index contributed by atoms with van der Waals surface area (Å²) in [5.74, 6) is 0. The highest BCUT2D eigenvalue weighted by atomic mass is 16.6. The lowest BCUT2D eigenvalue weighted by atomic mass is 10.1. The van der Waals surface area contributed by atoms with Gasteiger partial charge in [-0.1, -0.05) is 30.3 Å². The molecule has 0 spiro atoms. The second-order valence-corrected chi connectivity index (χ2v) is 4.54. The molecule has 0 saturated carbocycles. The summed E-state index contributed by atoms with van der Waals surface area (Å²) in [6.45, 7) is 4.78. The van der Waals surface area contributed by atoms with E-state index in [9.17, 15) is 10.1 Å². The Kier molecular flexibility index (Phi) is 3.80. The maximum Gasteiger partial charge on any atom is 0.269 e. The Morgan fingerprint density at radius 3 is 2.16 bits per heavy atom. The number of nitro groups is 1. The molecule has 1 N–H and O–H groups in total. The lowest BCUT2D eigenvalue weighted by molar-refractivity contribution is -0.384. The number of rotatable bonds is 4. The Morgan fingerprint density at radius 1 is 1.05 bits per heavy atom. The molecule has 2 rings (SSSR count). The van der Waals surface area contributed by atoms with Crippen LogP contribution in [0.2, 0.25) is 0 Å². The Bertz CT molecular complexity index is 571. The van der Waals surface area contributed by atoms with E-state index in [1.807, 2.05) is 6.07 Å². The number of nitro benzene ring substituents is 1. The minimum Gasteiger partial charge on any atom is -0.381 e. The van der Waals surface area contributed by atoms with Crippen LogP contribution >= 0.6 is 0 Å². The quantitative estimate of drug-likeness (QED) is 0.668. The van der Waals surface area contributed by atoms with Crippen LogP contribution in [-0.2, 0) is 6.54 Å². The first-order valence-electron chi connectivity index (χ1n) is 6.11. The molecule has 4 nitrogen and oxygen atoms in total. The van der Waals surface area contributed by atoms with E-state index in [1.54, 1.807) is 12.1 Å². The molecule has 2 aromatic rings. The van der Waals surface area contributed by atoms with Gasteiger partial charge in [-0.25, -0.2) is 0 Å². The summed E-state index contributed by atoms with van der Waals surface area (Å²) in [7, 11) is 0. The predicted molar refractivity (Wildman–Crippen MR) is 76.3 cm³/mol. The van der Waals surface area contributed by atoms with Crippen LogP contribution in [0.3, 0.4) is 0 Å². The molecule has 0 aliphatic carbocycles. The molecule has 0 unspecified atom stereocenters. The van der Waals surface area contributed by atoms with E-state index in [-0.39, 0.29) is 10.6 Å². The third-order valence-corrected chi connectivity index (χ3v) is 3.10. The highest BCUT2D eigenvalue weighted by Gasteiger charge is 2.05. The zero-order valence-corrected chi connectivity index (χ0v) is 11.0. The minimum absolute atomic E-state index is 0.121. The molecule has 0 fully saturated rings. The first-order chi connectivity index (χ1) is 9.08. The van der Waals surface area contributed by atoms with Crippen molar-refractivity contribution in [1.82, 2.24) is 0 Å². The van der Waals surface area contributed by atoms with Gasteiger partial charge in [-0.2, -0.15) is 0 Å². The first-order valence-corrected chi connectivity index (χ1v) is 6.11. The van der Waals surface area contributed by atoms with Gasteiger partial charge in [0.15, 0.2) is 0 Å². The fourth-order valence-corrected chi connectivity index (χ4v) is 2.02. The molecule has 0 bridgehead atoms. The molecular weight excluding hydrogens is 240 g/mol. The summed E-state index contributed by atoms with van der Waals surface area (Å²) in [6, 6.07) is 12.8. The summed E-state index contributed by atoms with van der Waals surface area (Å²) in [5.41, 5.74) is 4.66. The molecule has 0 radical (unpaired) electrons. The van der Waals surface area contributed by atoms with Crippen molar-refractivity contribution in [3.63, 3.8) is 0 Å². The van der Waals surface area contributed by atoms with Crippen LogP contribution in [0.25, 0.3) is 0 Å². The van der Waals surface area contributed by atoms with Crippen molar-refractivity contribution in [2.45, 2.75) is 20.4 Å². The molecule has 2 aromatic carbocycles. The van der Waals surface area contributed by atoms with Crippen molar-refractivity contribution in [1.29, 1.82) is 0 Å². The number of hydrogen-bond donors (Lipinski definition) is 1. The number of para-hydroxylation sites is 1. The van der Waals surface area contributed by atoms with Crippen LogP contribution in [0.15, 0.2) is 42.5 Å². The van der Waals surface area contributed by atoms with Crippen LogP contribution < -0.4 is 5.32 Å². The van der Waals surface area contributed by atoms with Gasteiger partial charge in [0.1, 0.15) is 0 Å². The smallest absolute Gasteiger partial charge is 0.269 e. The average Bonchev–Trinajstić information content (AvgIpc) is 2.38. The Morgan fingerprint density at radius 2 is 1.63 bits per heavy atom. The van der Waals surface area contributed by atoms with E-state index in [0.29, 0.717) is 6.54 Å². The van der Waals surface area contributed by atoms with Crippen molar-refractivity contribution in [2.24, 2.45) is 0 Å². The maximum atomic E-state index is 10.6. The summed E-state index contributed by atoms with van der Waals surface area (Å²) in [5, 5.41) is 13.9. The topological polar surface area (TPSA) is 55.2 Å². The van der Waals surface area contributed by atoms with Gasteiger partial charge >= 0.3 is 0 Å². The van der Waals surface area contributed by atoms with Crippen LogP contribution in [0, 0.1) is 24.0 Å². The molecule has 0 saturated heterocycles. The summed E-state index contributed by atoms with van der Waals surface area (Å²) < 4.78 is 0. The fraction of sp³-hybridized carbons (Fsp3) is 0.200. The Hall–Kier alpha value is -2.36. The Balaban J connectivity index is 2.08. The number of aryl methyl sites for hydroxylation is 2. The summed E-state index contributed by atoms with van der Waals surface area (Å²) in [4.78, 5) is 10.2. The van der Waals surface area contributed by atoms with Crippen LogP contribution in [0.5, 0.6) is 0 Å². The Labute approximate surface area is 112 Å². The minimum atomic E-state index is -0.386. The van der Waals surface area contributed by atoms with Crippen molar-refractivity contribution in [2.75, 3.05) is 5.32 Å². The van der Waals surface area contributed by atoms with Gasteiger partial charge in [0.05, 0.1) is 4.92 Å². The standard InChI is InChI=1S/C15H16N2O2/c1-11-4-3-5-12(2)15(11)16-10-13-6-8-14(9-7-13)17(18)19/h3-9,16H,10H2,1-2H3. The van der Waals surface area contributed by atoms with E-state index in [2.05, 4.69) is 31.3 Å². The average molecular weight is 256 g/mol. The van der Waals surface area contributed by atoms with E-state index in [4.69, 9.17) is 0 Å². The zero-order chi connectivity index (χ0) is 13.8. The molecule has 4 heteroatoms. The lowest BCUT2D eigenvalue weighted by Gasteiger charge is -2.12. The first kappa shape index (κ1) is 13.1. The molecule has 19 heavy (non-hydrogen) atoms. The molecular formula is C15H16N2O2. The normalized spacial score (nSPS) is 10.2. The van der Waals surface area contributed by atoms with Gasteiger partial charge in [0, 0.05) is 24.4 Å². The van der Waals surface area contributed by atoms with Crippen molar-refractivity contribution in [3.05, 3.63) is 69.3 Å². The number of hydrogen-bond acceptors (Lipinski definition) is 3. The molecule has 98 valence electrons. The van der Waals surface area contributed by atoms with Gasteiger partial charge in [-0.3, -0.25) is 10.1 Å². The largest absolute Gasteiger partial charge is 0.381 e. The maximum absolute atomic E-state index is 10.6. The van der Waals surface area contributed by atoms with Gasteiger partial charge in [0.25, 0.3) is 5.69 Å². The summed E-state index contributed by atoms with van der Waals surface area (Å²) in [6.07, 6.45) is 0. The highest BCUT2D eigenvalue weighted by Crippen LogP contribution is 2.20. The van der Waals surface area contributed by atoms with Gasteiger partial charge in [-0.05, 0) is 30.5 Å². The van der Waals surface area contributed by atoms with E-state index >= 15 is 0 Å². The number of nitrogens with one attached hydrogen (secondary N) is 1. The second-order valence-electron chi connectivity index (χ2n) is 4.54. The molecule has 0 aromatic heterocycles. The summed E-state index contributed by atoms with van der Waals surface area (Å²) >= 11 is 0. The van der Waals surface area contributed by atoms with Crippen LogP contribution in [0.4, 0.5) is 11.4 Å². The van der Waals surface area contributed by atoms with Crippen molar-refractivity contribution < 1.29 is 4.92 Å². The molecule has 0 amide bonds.